The Morgan fingerprint density at radius 1 is 1.47 bits per heavy atom. The fourth-order valence-corrected chi connectivity index (χ4v) is 2.07. The number of nitrogens with one attached hydrogen (secondary N) is 1. The first kappa shape index (κ1) is 14.0. The predicted molar refractivity (Wildman–Crippen MR) is 62.6 cm³/mol. The molecule has 0 aromatic heterocycles. The molecule has 0 heterocycles. The Balaban J connectivity index is 2.21. The SMILES string of the molecule is C[C@H]1CCC[C@H](OCC(=O)N[C@@H](C)C(=O)O)C1. The number of rotatable bonds is 5. The molecular weight excluding hydrogens is 222 g/mol. The van der Waals surface area contributed by atoms with Crippen LogP contribution in [0.15, 0.2) is 0 Å². The molecular formula is C12H21NO4. The Hall–Kier alpha value is -1.10. The molecule has 0 spiro atoms. The number of carboxylic acid groups (broad SMARTS) is 1. The normalized spacial score (nSPS) is 26.2. The highest BCUT2D eigenvalue weighted by Gasteiger charge is 2.21. The number of carboxylic acids is 1. The van der Waals surface area contributed by atoms with Gasteiger partial charge in [0.05, 0.1) is 6.10 Å². The maximum Gasteiger partial charge on any atom is 0.325 e. The van der Waals surface area contributed by atoms with Gasteiger partial charge in [-0.15, -0.1) is 0 Å². The molecule has 0 aromatic carbocycles. The van der Waals surface area contributed by atoms with E-state index in [2.05, 4.69) is 12.2 Å². The van der Waals surface area contributed by atoms with Crippen LogP contribution in [-0.4, -0.2) is 35.7 Å². The van der Waals surface area contributed by atoms with Gasteiger partial charge in [0.15, 0.2) is 0 Å². The largest absolute Gasteiger partial charge is 0.480 e. The van der Waals surface area contributed by atoms with E-state index >= 15 is 0 Å². The van der Waals surface area contributed by atoms with Gasteiger partial charge >= 0.3 is 5.97 Å². The van der Waals surface area contributed by atoms with Gasteiger partial charge in [0.25, 0.3) is 0 Å². The van der Waals surface area contributed by atoms with E-state index in [0.717, 1.165) is 19.3 Å². The molecule has 0 bridgehead atoms. The van der Waals surface area contributed by atoms with E-state index in [9.17, 15) is 9.59 Å². The van der Waals surface area contributed by atoms with Gasteiger partial charge in [0, 0.05) is 0 Å². The Morgan fingerprint density at radius 2 is 2.18 bits per heavy atom. The number of carbonyl (C=O) groups is 2. The van der Waals surface area contributed by atoms with Crippen LogP contribution in [-0.2, 0) is 14.3 Å². The lowest BCUT2D eigenvalue weighted by molar-refractivity contribution is -0.142. The van der Waals surface area contributed by atoms with Crippen LogP contribution in [0.5, 0.6) is 0 Å². The number of aliphatic carboxylic acids is 1. The second-order valence-corrected chi connectivity index (χ2v) is 4.83. The zero-order valence-electron chi connectivity index (χ0n) is 10.4. The van der Waals surface area contributed by atoms with Gasteiger partial charge in [-0.1, -0.05) is 19.8 Å². The summed E-state index contributed by atoms with van der Waals surface area (Å²) in [7, 11) is 0. The molecule has 1 aliphatic rings. The minimum atomic E-state index is -1.04. The molecule has 1 saturated carbocycles. The molecule has 0 aliphatic heterocycles. The molecule has 3 atom stereocenters. The second-order valence-electron chi connectivity index (χ2n) is 4.83. The van der Waals surface area contributed by atoms with Gasteiger partial charge in [-0.25, -0.2) is 0 Å². The van der Waals surface area contributed by atoms with E-state index < -0.39 is 12.0 Å². The molecule has 1 rings (SSSR count). The van der Waals surface area contributed by atoms with Crippen molar-refractivity contribution in [2.45, 2.75) is 51.7 Å². The van der Waals surface area contributed by atoms with E-state index in [0.29, 0.717) is 5.92 Å². The molecule has 2 N–H and O–H groups in total. The number of hydrogen-bond acceptors (Lipinski definition) is 3. The van der Waals surface area contributed by atoms with Crippen molar-refractivity contribution in [2.24, 2.45) is 5.92 Å². The summed E-state index contributed by atoms with van der Waals surface area (Å²) in [5.74, 6) is -0.752. The lowest BCUT2D eigenvalue weighted by Crippen LogP contribution is -2.41. The fraction of sp³-hybridized carbons (Fsp3) is 0.833. The molecule has 5 heteroatoms. The van der Waals surface area contributed by atoms with Crippen LogP contribution in [0.3, 0.4) is 0 Å². The summed E-state index contributed by atoms with van der Waals surface area (Å²) in [6.07, 6.45) is 4.49. The maximum absolute atomic E-state index is 11.4. The first-order valence-corrected chi connectivity index (χ1v) is 6.12. The van der Waals surface area contributed by atoms with E-state index in [1.807, 2.05) is 0 Å². The summed E-state index contributed by atoms with van der Waals surface area (Å²) in [5, 5.41) is 11.0. The van der Waals surface area contributed by atoms with Gasteiger partial charge in [-0.3, -0.25) is 9.59 Å². The van der Waals surface area contributed by atoms with Crippen molar-refractivity contribution in [1.29, 1.82) is 0 Å². The van der Waals surface area contributed by atoms with Crippen molar-refractivity contribution in [2.75, 3.05) is 6.61 Å². The first-order valence-electron chi connectivity index (χ1n) is 6.12. The second kappa shape index (κ2) is 6.59. The Morgan fingerprint density at radius 3 is 2.76 bits per heavy atom. The van der Waals surface area contributed by atoms with Crippen LogP contribution >= 0.6 is 0 Å². The van der Waals surface area contributed by atoms with Crippen molar-refractivity contribution < 1.29 is 19.4 Å². The molecule has 98 valence electrons. The molecule has 1 fully saturated rings. The maximum atomic E-state index is 11.4. The van der Waals surface area contributed by atoms with E-state index in [1.165, 1.54) is 13.3 Å². The topological polar surface area (TPSA) is 75.6 Å². The lowest BCUT2D eigenvalue weighted by atomic mass is 9.89. The third-order valence-electron chi connectivity index (χ3n) is 3.09. The van der Waals surface area contributed by atoms with Gasteiger partial charge < -0.3 is 15.2 Å². The minimum Gasteiger partial charge on any atom is -0.480 e. The Kier molecular flexibility index (Phi) is 5.41. The van der Waals surface area contributed by atoms with Crippen LogP contribution < -0.4 is 5.32 Å². The average Bonchev–Trinajstić information content (AvgIpc) is 2.26. The molecule has 5 nitrogen and oxygen atoms in total. The molecule has 0 unspecified atom stereocenters. The highest BCUT2D eigenvalue weighted by atomic mass is 16.5. The van der Waals surface area contributed by atoms with E-state index in [-0.39, 0.29) is 18.6 Å². The molecule has 0 radical (unpaired) electrons. The average molecular weight is 243 g/mol. The highest BCUT2D eigenvalue weighted by Crippen LogP contribution is 2.25. The van der Waals surface area contributed by atoms with Gasteiger partial charge in [-0.2, -0.15) is 0 Å². The van der Waals surface area contributed by atoms with Crippen molar-refractivity contribution >= 4 is 11.9 Å². The van der Waals surface area contributed by atoms with Crippen LogP contribution in [0.1, 0.15) is 39.5 Å². The van der Waals surface area contributed by atoms with E-state index in [4.69, 9.17) is 9.84 Å². The smallest absolute Gasteiger partial charge is 0.325 e. The van der Waals surface area contributed by atoms with E-state index in [1.54, 1.807) is 0 Å². The standard InChI is InChI=1S/C12H21NO4/c1-8-4-3-5-10(6-8)17-7-11(14)13-9(2)12(15)16/h8-10H,3-7H2,1-2H3,(H,13,14)(H,15,16)/t8-,9-,10-/m0/s1. The summed E-state index contributed by atoms with van der Waals surface area (Å²) in [5.41, 5.74) is 0. The number of hydrogen-bond donors (Lipinski definition) is 2. The first-order chi connectivity index (χ1) is 7.99. The third kappa shape index (κ3) is 5.17. The number of carbonyl (C=O) groups excluding carboxylic acids is 1. The van der Waals surface area contributed by atoms with Crippen LogP contribution in [0.2, 0.25) is 0 Å². The summed E-state index contributed by atoms with van der Waals surface area (Å²) < 4.78 is 5.49. The highest BCUT2D eigenvalue weighted by molar-refractivity contribution is 5.83. The van der Waals surface area contributed by atoms with Crippen molar-refractivity contribution in [1.82, 2.24) is 5.32 Å². The monoisotopic (exact) mass is 243 g/mol. The van der Waals surface area contributed by atoms with Crippen LogP contribution in [0, 0.1) is 5.92 Å². The third-order valence-corrected chi connectivity index (χ3v) is 3.09. The zero-order valence-corrected chi connectivity index (χ0v) is 10.4. The van der Waals surface area contributed by atoms with Crippen molar-refractivity contribution in [3.63, 3.8) is 0 Å². The molecule has 0 saturated heterocycles. The molecule has 1 aliphatic carbocycles. The van der Waals surface area contributed by atoms with Crippen molar-refractivity contribution in [3.8, 4) is 0 Å². The summed E-state index contributed by atoms with van der Waals surface area (Å²) in [6.45, 7) is 3.57. The Labute approximate surface area is 102 Å². The van der Waals surface area contributed by atoms with Gasteiger partial charge in [0.1, 0.15) is 12.6 Å². The van der Waals surface area contributed by atoms with Gasteiger partial charge in [0.2, 0.25) is 5.91 Å². The Bertz CT molecular complexity index is 280. The van der Waals surface area contributed by atoms with Crippen molar-refractivity contribution in [3.05, 3.63) is 0 Å². The zero-order chi connectivity index (χ0) is 12.8. The number of amides is 1. The lowest BCUT2D eigenvalue weighted by Gasteiger charge is -2.26. The summed E-state index contributed by atoms with van der Waals surface area (Å²) in [6, 6.07) is -0.864. The fourth-order valence-electron chi connectivity index (χ4n) is 2.07. The van der Waals surface area contributed by atoms with Gasteiger partial charge in [-0.05, 0) is 25.7 Å². The summed E-state index contributed by atoms with van der Waals surface area (Å²) >= 11 is 0. The number of ether oxygens (including phenoxy) is 1. The minimum absolute atomic E-state index is 0.0466. The summed E-state index contributed by atoms with van der Waals surface area (Å²) in [4.78, 5) is 21.9. The molecule has 0 aromatic rings. The molecule has 1 amide bonds. The van der Waals surface area contributed by atoms with Crippen LogP contribution in [0.4, 0.5) is 0 Å². The van der Waals surface area contributed by atoms with Crippen LogP contribution in [0.25, 0.3) is 0 Å². The predicted octanol–water partition coefficient (Wildman–Crippen LogP) is 1.17. The molecule has 17 heavy (non-hydrogen) atoms. The quantitative estimate of drug-likeness (QED) is 0.760.